The van der Waals surface area contributed by atoms with Crippen LogP contribution in [0.15, 0.2) is 12.3 Å². The topological polar surface area (TPSA) is 14.2 Å². The van der Waals surface area contributed by atoms with Crippen LogP contribution in [-0.2, 0) is 17.0 Å². The van der Waals surface area contributed by atoms with Gasteiger partial charge in [0.2, 0.25) is 0 Å². The highest BCUT2D eigenvalue weighted by Gasteiger charge is 2.58. The molecule has 0 N–H and O–H groups in total. The highest BCUT2D eigenvalue weighted by Crippen LogP contribution is 2.47. The van der Waals surface area contributed by atoms with Crippen molar-refractivity contribution in [2.24, 2.45) is 0 Å². The molecule has 0 amide bonds. The minimum absolute atomic E-state index is 0.0184. The number of hydrogen-bond donors (Lipinski definition) is 0. The van der Waals surface area contributed by atoms with E-state index in [-0.39, 0.29) is 12.8 Å². The van der Waals surface area contributed by atoms with Crippen LogP contribution in [0, 0.1) is 0 Å². The van der Waals surface area contributed by atoms with Gasteiger partial charge in [-0.2, -0.15) is 13.2 Å². The Kier molecular flexibility index (Phi) is 5.10. The quantitative estimate of drug-likeness (QED) is 0.405. The zero-order valence-electron chi connectivity index (χ0n) is 8.84. The predicted octanol–water partition coefficient (Wildman–Crippen LogP) is 5.14. The number of aryl methyl sites for hydroxylation is 1. The largest absolute Gasteiger partial charge is 0.419 e. The molecule has 0 spiro atoms. The maximum atomic E-state index is 13.3. The van der Waals surface area contributed by atoms with E-state index in [9.17, 15) is 13.2 Å². The second-order valence-electron chi connectivity index (χ2n) is 4.00. The van der Waals surface area contributed by atoms with Crippen LogP contribution in [0.25, 0.3) is 0 Å². The van der Waals surface area contributed by atoms with Crippen LogP contribution in [-0.4, -0.2) is 15.7 Å². The van der Waals surface area contributed by atoms with Crippen molar-refractivity contribution in [3.05, 3.63) is 23.5 Å². The molecule has 1 atom stereocenters. The standard InChI is InChI=1S/C9H8F3I2NOS2/c10-9(11,12)8(16-18-14)3-1-6-2-4-15(17-13)7(6)5-8/h2,4H,1,3,5H2. The van der Waals surface area contributed by atoms with Crippen LogP contribution in [0.1, 0.15) is 17.7 Å². The van der Waals surface area contributed by atoms with Crippen molar-refractivity contribution < 1.29 is 17.4 Å². The molecule has 1 aromatic heterocycles. The van der Waals surface area contributed by atoms with E-state index in [0.717, 1.165) is 14.8 Å². The molecule has 2 rings (SSSR count). The summed E-state index contributed by atoms with van der Waals surface area (Å²) in [5, 5.41) is 0. The molecule has 1 unspecified atom stereocenters. The van der Waals surface area contributed by atoms with Crippen LogP contribution in [0.2, 0.25) is 0 Å². The van der Waals surface area contributed by atoms with Crippen molar-refractivity contribution in [3.8, 4) is 0 Å². The minimum atomic E-state index is -4.35. The molecule has 0 aliphatic heterocycles. The van der Waals surface area contributed by atoms with E-state index in [1.54, 1.807) is 25.2 Å². The molecular formula is C9H8F3I2NOS2. The Balaban J connectivity index is 2.37. The fraction of sp³-hybridized carbons (Fsp3) is 0.556. The first kappa shape index (κ1) is 15.6. The third kappa shape index (κ3) is 2.79. The van der Waals surface area contributed by atoms with Gasteiger partial charge in [-0.1, -0.05) is 0 Å². The van der Waals surface area contributed by atoms with E-state index in [2.05, 4.69) is 21.2 Å². The summed E-state index contributed by atoms with van der Waals surface area (Å²) in [4.78, 5) is 0. The van der Waals surface area contributed by atoms with E-state index in [1.165, 1.54) is 9.12 Å². The van der Waals surface area contributed by atoms with E-state index >= 15 is 0 Å². The summed E-state index contributed by atoms with van der Waals surface area (Å²) in [6.45, 7) is 0. The van der Waals surface area contributed by atoms with Crippen LogP contribution < -0.4 is 0 Å². The van der Waals surface area contributed by atoms with Gasteiger partial charge in [-0.25, -0.2) is 0 Å². The highest BCUT2D eigenvalue weighted by molar-refractivity contribution is 14.2. The summed E-state index contributed by atoms with van der Waals surface area (Å²) in [6, 6.07) is 1.89. The molecule has 0 saturated carbocycles. The van der Waals surface area contributed by atoms with Crippen molar-refractivity contribution in [2.45, 2.75) is 31.0 Å². The molecule has 0 bridgehead atoms. The maximum absolute atomic E-state index is 13.3. The van der Waals surface area contributed by atoms with Gasteiger partial charge in [0.05, 0.1) is 9.21 Å². The van der Waals surface area contributed by atoms with Crippen LogP contribution >= 0.6 is 60.7 Å². The second kappa shape index (κ2) is 5.90. The van der Waals surface area contributed by atoms with Gasteiger partial charge in [-0.15, -0.1) is 0 Å². The highest BCUT2D eigenvalue weighted by atomic mass is 127. The molecule has 0 radical (unpaired) electrons. The Bertz CT molecular complexity index is 426. The van der Waals surface area contributed by atoms with Gasteiger partial charge in [-0.3, -0.25) is 8.16 Å². The predicted molar refractivity (Wildman–Crippen MR) is 84.9 cm³/mol. The molecule has 9 heteroatoms. The van der Waals surface area contributed by atoms with Crippen molar-refractivity contribution in [1.82, 2.24) is 3.97 Å². The summed E-state index contributed by atoms with van der Waals surface area (Å²) >= 11 is 3.80. The van der Waals surface area contributed by atoms with Gasteiger partial charge in [0, 0.05) is 69.8 Å². The summed E-state index contributed by atoms with van der Waals surface area (Å²) < 4.78 is 46.6. The lowest BCUT2D eigenvalue weighted by Crippen LogP contribution is -2.50. The second-order valence-corrected chi connectivity index (χ2v) is 7.08. The van der Waals surface area contributed by atoms with Gasteiger partial charge in [0.1, 0.15) is 0 Å². The monoisotopic (exact) mass is 521 g/mol. The number of aromatic nitrogens is 1. The van der Waals surface area contributed by atoms with Gasteiger partial charge >= 0.3 is 6.18 Å². The lowest BCUT2D eigenvalue weighted by atomic mass is 9.83. The molecule has 1 aromatic rings. The third-order valence-corrected chi connectivity index (χ3v) is 5.77. The number of halogens is 5. The summed E-state index contributed by atoms with van der Waals surface area (Å²) in [7, 11) is 2.13. The van der Waals surface area contributed by atoms with Crippen molar-refractivity contribution in [2.75, 3.05) is 0 Å². The molecule has 0 saturated heterocycles. The SMILES string of the molecule is FC(F)(F)C1(OSI)CCc2ccn(SI)c2C1. The average molecular weight is 521 g/mol. The molecule has 1 aliphatic carbocycles. The molecule has 1 aliphatic rings. The molecule has 0 fully saturated rings. The fourth-order valence-electron chi connectivity index (χ4n) is 2.09. The Hall–Kier alpha value is 1.19. The van der Waals surface area contributed by atoms with E-state index < -0.39 is 11.8 Å². The Morgan fingerprint density at radius 3 is 2.67 bits per heavy atom. The number of hydrogen-bond acceptors (Lipinski definition) is 3. The molecule has 102 valence electrons. The normalized spacial score (nSPS) is 24.1. The molecule has 2 nitrogen and oxygen atoms in total. The maximum Gasteiger partial charge on any atom is 0.419 e. The zero-order valence-corrected chi connectivity index (χ0v) is 14.8. The van der Waals surface area contributed by atoms with Crippen molar-refractivity contribution in [3.63, 3.8) is 0 Å². The van der Waals surface area contributed by atoms with Crippen LogP contribution in [0.3, 0.4) is 0 Å². The Morgan fingerprint density at radius 2 is 2.11 bits per heavy atom. The summed E-state index contributed by atoms with van der Waals surface area (Å²) in [5.74, 6) is 0. The number of alkyl halides is 3. The molecule has 1 heterocycles. The number of nitrogens with zero attached hydrogens (tertiary/aromatic N) is 1. The van der Waals surface area contributed by atoms with E-state index in [4.69, 9.17) is 4.18 Å². The molecular weight excluding hydrogens is 513 g/mol. The Labute approximate surface area is 135 Å². The first-order valence-electron chi connectivity index (χ1n) is 4.95. The van der Waals surface area contributed by atoms with Crippen molar-refractivity contribution in [1.29, 1.82) is 0 Å². The first-order valence-corrected chi connectivity index (χ1v) is 11.5. The smallest absolute Gasteiger partial charge is 0.289 e. The lowest BCUT2D eigenvalue weighted by molar-refractivity contribution is -0.247. The first-order chi connectivity index (χ1) is 8.43. The lowest BCUT2D eigenvalue weighted by Gasteiger charge is -2.37. The number of rotatable bonds is 3. The minimum Gasteiger partial charge on any atom is -0.289 e. The van der Waals surface area contributed by atoms with Gasteiger partial charge in [0.25, 0.3) is 0 Å². The van der Waals surface area contributed by atoms with E-state index in [1.807, 2.05) is 12.3 Å². The fourth-order valence-corrected chi connectivity index (χ4v) is 4.95. The molecule has 0 aromatic carbocycles. The van der Waals surface area contributed by atoms with Gasteiger partial charge in [0.15, 0.2) is 5.60 Å². The van der Waals surface area contributed by atoms with Gasteiger partial charge in [-0.05, 0) is 24.5 Å². The van der Waals surface area contributed by atoms with Gasteiger partial charge < -0.3 is 0 Å². The summed E-state index contributed by atoms with van der Waals surface area (Å²) in [6.07, 6.45) is -2.28. The van der Waals surface area contributed by atoms with Crippen LogP contribution in [0.5, 0.6) is 0 Å². The molecule has 18 heavy (non-hydrogen) atoms. The van der Waals surface area contributed by atoms with E-state index in [0.29, 0.717) is 12.1 Å². The third-order valence-electron chi connectivity index (χ3n) is 3.08. The van der Waals surface area contributed by atoms with Crippen molar-refractivity contribution >= 4 is 60.7 Å². The zero-order chi connectivity index (χ0) is 13.4. The Morgan fingerprint density at radius 1 is 1.39 bits per heavy atom. The number of fused-ring (bicyclic) bond motifs is 1. The average Bonchev–Trinajstić information content (AvgIpc) is 2.70. The van der Waals surface area contributed by atoms with Crippen LogP contribution in [0.4, 0.5) is 13.2 Å². The summed E-state index contributed by atoms with van der Waals surface area (Å²) in [5.41, 5.74) is -0.363.